The first-order valence-electron chi connectivity index (χ1n) is 8.12. The van der Waals surface area contributed by atoms with Crippen molar-refractivity contribution in [2.45, 2.75) is 6.92 Å². The average Bonchev–Trinajstić information content (AvgIpc) is 3.24. The van der Waals surface area contributed by atoms with Crippen LogP contribution >= 0.6 is 22.7 Å². The molecule has 0 saturated heterocycles. The van der Waals surface area contributed by atoms with Gasteiger partial charge in [-0.25, -0.2) is 4.98 Å². The zero-order valence-corrected chi connectivity index (χ0v) is 16.2. The van der Waals surface area contributed by atoms with E-state index in [0.717, 1.165) is 32.5 Å². The van der Waals surface area contributed by atoms with Crippen LogP contribution in [0.25, 0.3) is 10.2 Å². The van der Waals surface area contributed by atoms with Gasteiger partial charge in [-0.15, -0.1) is 11.3 Å². The predicted molar refractivity (Wildman–Crippen MR) is 105 cm³/mol. The summed E-state index contributed by atoms with van der Waals surface area (Å²) in [5.41, 5.74) is 0.886. The van der Waals surface area contributed by atoms with Gasteiger partial charge in [-0.2, -0.15) is 0 Å². The monoisotopic (exact) mass is 375 g/mol. The lowest BCUT2D eigenvalue weighted by Gasteiger charge is -2.21. The summed E-state index contributed by atoms with van der Waals surface area (Å²) in [4.78, 5) is 22.2. The quantitative estimate of drug-likeness (QED) is 0.627. The lowest BCUT2D eigenvalue weighted by molar-refractivity contribution is 0.0989. The Morgan fingerprint density at radius 1 is 1.24 bits per heavy atom. The van der Waals surface area contributed by atoms with Crippen LogP contribution in [0, 0.1) is 0 Å². The maximum absolute atomic E-state index is 12.9. The second kappa shape index (κ2) is 7.95. The van der Waals surface area contributed by atoms with Crippen LogP contribution in [0.2, 0.25) is 0 Å². The van der Waals surface area contributed by atoms with Gasteiger partial charge in [0, 0.05) is 13.1 Å². The van der Waals surface area contributed by atoms with Gasteiger partial charge in [0.25, 0.3) is 5.91 Å². The maximum Gasteiger partial charge on any atom is 0.270 e. The number of anilines is 1. The Balaban J connectivity index is 1.94. The number of benzene rings is 1. The number of amides is 1. The second-order valence-electron chi connectivity index (χ2n) is 5.80. The predicted octanol–water partition coefficient (Wildman–Crippen LogP) is 3.96. The summed E-state index contributed by atoms with van der Waals surface area (Å²) in [6, 6.07) is 9.60. The van der Waals surface area contributed by atoms with Crippen molar-refractivity contribution in [3.8, 4) is 5.75 Å². The highest BCUT2D eigenvalue weighted by Crippen LogP contribution is 2.32. The zero-order valence-electron chi connectivity index (χ0n) is 14.6. The third-order valence-corrected chi connectivity index (χ3v) is 5.54. The van der Waals surface area contributed by atoms with Gasteiger partial charge in [0.15, 0.2) is 5.13 Å². The average molecular weight is 376 g/mol. The number of fused-ring (bicyclic) bond motifs is 1. The smallest absolute Gasteiger partial charge is 0.270 e. The number of carbonyl (C=O) groups is 1. The van der Waals surface area contributed by atoms with Crippen molar-refractivity contribution in [3.63, 3.8) is 0 Å². The van der Waals surface area contributed by atoms with Gasteiger partial charge in [-0.05, 0) is 50.7 Å². The van der Waals surface area contributed by atoms with Crippen LogP contribution in [-0.4, -0.2) is 49.6 Å². The van der Waals surface area contributed by atoms with Crippen molar-refractivity contribution < 1.29 is 9.53 Å². The molecule has 0 atom stereocenters. The van der Waals surface area contributed by atoms with Gasteiger partial charge in [0.2, 0.25) is 0 Å². The summed E-state index contributed by atoms with van der Waals surface area (Å²) in [6.07, 6.45) is 0. The van der Waals surface area contributed by atoms with Crippen molar-refractivity contribution in [1.82, 2.24) is 9.88 Å². The van der Waals surface area contributed by atoms with E-state index < -0.39 is 0 Å². The SMILES string of the molecule is CCOc1ccc2nc(N(CCN(C)C)C(=O)c3cccs3)sc2c1. The lowest BCUT2D eigenvalue weighted by atomic mass is 10.3. The van der Waals surface area contributed by atoms with E-state index >= 15 is 0 Å². The molecule has 132 valence electrons. The Morgan fingerprint density at radius 3 is 2.76 bits per heavy atom. The standard InChI is InChI=1S/C18H21N3O2S2/c1-4-23-13-7-8-14-16(12-13)25-18(19-14)21(10-9-20(2)3)17(22)15-6-5-11-24-15/h5-8,11-12H,4,9-10H2,1-3H3. The van der Waals surface area contributed by atoms with E-state index in [1.807, 2.05) is 56.7 Å². The first kappa shape index (κ1) is 17.8. The van der Waals surface area contributed by atoms with E-state index in [1.54, 1.807) is 4.90 Å². The molecule has 0 unspecified atom stereocenters. The van der Waals surface area contributed by atoms with E-state index in [9.17, 15) is 4.79 Å². The number of hydrogen-bond acceptors (Lipinski definition) is 6. The number of likely N-dealkylation sites (N-methyl/N-ethyl adjacent to an activating group) is 1. The molecule has 2 heterocycles. The fourth-order valence-corrected chi connectivity index (χ4v) is 4.07. The molecule has 3 aromatic rings. The maximum atomic E-state index is 12.9. The number of carbonyl (C=O) groups excluding carboxylic acids is 1. The minimum atomic E-state index is 0.000868. The number of thiophene rings is 1. The van der Waals surface area contributed by atoms with Crippen LogP contribution in [0.15, 0.2) is 35.7 Å². The summed E-state index contributed by atoms with van der Waals surface area (Å²) in [7, 11) is 4.00. The van der Waals surface area contributed by atoms with Crippen LogP contribution < -0.4 is 9.64 Å². The fourth-order valence-electron chi connectivity index (χ4n) is 2.38. The van der Waals surface area contributed by atoms with Crippen molar-refractivity contribution >= 4 is 43.9 Å². The first-order chi connectivity index (χ1) is 12.1. The van der Waals surface area contributed by atoms with Crippen molar-refractivity contribution in [1.29, 1.82) is 0 Å². The number of nitrogens with zero attached hydrogens (tertiary/aromatic N) is 3. The van der Waals surface area contributed by atoms with Gasteiger partial charge in [-0.1, -0.05) is 17.4 Å². The molecule has 0 radical (unpaired) electrons. The molecule has 3 rings (SSSR count). The minimum Gasteiger partial charge on any atom is -0.494 e. The Labute approximate surface area is 155 Å². The fraction of sp³-hybridized carbons (Fsp3) is 0.333. The molecule has 0 fully saturated rings. The molecule has 5 nitrogen and oxygen atoms in total. The van der Waals surface area contributed by atoms with Crippen molar-refractivity contribution in [2.24, 2.45) is 0 Å². The number of hydrogen-bond donors (Lipinski definition) is 0. The third-order valence-electron chi connectivity index (χ3n) is 3.64. The summed E-state index contributed by atoms with van der Waals surface area (Å²) >= 11 is 2.98. The Morgan fingerprint density at radius 2 is 2.08 bits per heavy atom. The second-order valence-corrected chi connectivity index (χ2v) is 7.75. The zero-order chi connectivity index (χ0) is 17.8. The van der Waals surface area contributed by atoms with Gasteiger partial charge in [0.05, 0.1) is 21.7 Å². The normalized spacial score (nSPS) is 11.2. The highest BCUT2D eigenvalue weighted by molar-refractivity contribution is 7.22. The highest BCUT2D eigenvalue weighted by Gasteiger charge is 2.22. The van der Waals surface area contributed by atoms with E-state index in [0.29, 0.717) is 13.2 Å². The Kier molecular flexibility index (Phi) is 5.67. The molecule has 0 aliphatic rings. The topological polar surface area (TPSA) is 45.7 Å². The van der Waals surface area contributed by atoms with Crippen LogP contribution in [0.5, 0.6) is 5.75 Å². The first-order valence-corrected chi connectivity index (χ1v) is 9.81. The molecule has 0 saturated carbocycles. The van der Waals surface area contributed by atoms with Crippen LogP contribution in [0.4, 0.5) is 5.13 Å². The molecule has 1 amide bonds. The molecule has 0 spiro atoms. The summed E-state index contributed by atoms with van der Waals surface area (Å²) in [5.74, 6) is 0.829. The van der Waals surface area contributed by atoms with Gasteiger partial charge < -0.3 is 9.64 Å². The summed E-state index contributed by atoms with van der Waals surface area (Å²) in [6.45, 7) is 3.97. The van der Waals surface area contributed by atoms with Crippen molar-refractivity contribution in [2.75, 3.05) is 38.7 Å². The van der Waals surface area contributed by atoms with E-state index in [-0.39, 0.29) is 5.91 Å². The molecular weight excluding hydrogens is 354 g/mol. The Bertz CT molecular complexity index is 843. The molecule has 1 aromatic carbocycles. The number of ether oxygens (including phenoxy) is 1. The van der Waals surface area contributed by atoms with Crippen LogP contribution in [-0.2, 0) is 0 Å². The molecular formula is C18H21N3O2S2. The van der Waals surface area contributed by atoms with Gasteiger partial charge in [-0.3, -0.25) is 9.69 Å². The number of thiazole rings is 1. The minimum absolute atomic E-state index is 0.000868. The van der Waals surface area contributed by atoms with Crippen LogP contribution in [0.1, 0.15) is 16.6 Å². The molecule has 25 heavy (non-hydrogen) atoms. The molecule has 2 aromatic heterocycles. The molecule has 7 heteroatoms. The summed E-state index contributed by atoms with van der Waals surface area (Å²) in [5, 5.41) is 2.65. The van der Waals surface area contributed by atoms with E-state index in [4.69, 9.17) is 4.74 Å². The van der Waals surface area contributed by atoms with Crippen LogP contribution in [0.3, 0.4) is 0 Å². The van der Waals surface area contributed by atoms with Gasteiger partial charge >= 0.3 is 0 Å². The molecule has 0 N–H and O–H groups in total. The Hall–Kier alpha value is -1.96. The van der Waals surface area contributed by atoms with E-state index in [1.165, 1.54) is 22.7 Å². The van der Waals surface area contributed by atoms with Gasteiger partial charge in [0.1, 0.15) is 5.75 Å². The largest absolute Gasteiger partial charge is 0.494 e. The third kappa shape index (κ3) is 4.18. The molecule has 0 aliphatic carbocycles. The number of rotatable bonds is 7. The van der Waals surface area contributed by atoms with E-state index in [2.05, 4.69) is 9.88 Å². The lowest BCUT2D eigenvalue weighted by Crippen LogP contribution is -2.36. The molecule has 0 aliphatic heterocycles. The number of aromatic nitrogens is 1. The molecule has 0 bridgehead atoms. The summed E-state index contributed by atoms with van der Waals surface area (Å²) < 4.78 is 6.59. The highest BCUT2D eigenvalue weighted by atomic mass is 32.1. The van der Waals surface area contributed by atoms with Crippen molar-refractivity contribution in [3.05, 3.63) is 40.6 Å².